The Morgan fingerprint density at radius 2 is 2.06 bits per heavy atom. The van der Waals surface area contributed by atoms with Crippen LogP contribution in [0, 0.1) is 6.92 Å². The van der Waals surface area contributed by atoms with E-state index in [0.717, 1.165) is 24.5 Å². The highest BCUT2D eigenvalue weighted by molar-refractivity contribution is 5.00. The van der Waals surface area contributed by atoms with Crippen molar-refractivity contribution in [3.63, 3.8) is 0 Å². The molecule has 0 radical (unpaired) electrons. The van der Waals surface area contributed by atoms with Crippen molar-refractivity contribution in [1.82, 2.24) is 20.6 Å². The van der Waals surface area contributed by atoms with Crippen molar-refractivity contribution in [1.29, 1.82) is 0 Å². The van der Waals surface area contributed by atoms with Crippen LogP contribution in [0.25, 0.3) is 0 Å². The maximum absolute atomic E-state index is 4.33. The first-order valence-electron chi connectivity index (χ1n) is 6.91. The Morgan fingerprint density at radius 3 is 2.67 bits per heavy atom. The summed E-state index contributed by atoms with van der Waals surface area (Å²) in [4.78, 5) is 8.57. The highest BCUT2D eigenvalue weighted by Gasteiger charge is 2.05. The predicted octanol–water partition coefficient (Wildman–Crippen LogP) is 2.04. The van der Waals surface area contributed by atoms with Crippen LogP contribution in [0.5, 0.6) is 0 Å². The van der Waals surface area contributed by atoms with E-state index in [2.05, 4.69) is 27.5 Å². The number of hydrogen-bond acceptors (Lipinski definition) is 4. The van der Waals surface area contributed by atoms with Gasteiger partial charge in [-0.3, -0.25) is 9.97 Å². The molecule has 1 aromatic rings. The Morgan fingerprint density at radius 1 is 1.22 bits per heavy atom. The molecule has 1 atom stereocenters. The molecular formula is C14H26N4. The van der Waals surface area contributed by atoms with Crippen molar-refractivity contribution >= 4 is 0 Å². The van der Waals surface area contributed by atoms with Gasteiger partial charge >= 0.3 is 0 Å². The molecule has 0 aliphatic rings. The molecule has 1 heterocycles. The van der Waals surface area contributed by atoms with E-state index < -0.39 is 0 Å². The van der Waals surface area contributed by atoms with Crippen LogP contribution >= 0.6 is 0 Å². The fourth-order valence-electron chi connectivity index (χ4n) is 1.87. The number of nitrogens with one attached hydrogen (secondary N) is 2. The minimum Gasteiger partial charge on any atom is -0.316 e. The van der Waals surface area contributed by atoms with Crippen molar-refractivity contribution in [2.45, 2.75) is 52.1 Å². The van der Waals surface area contributed by atoms with Gasteiger partial charge in [0.1, 0.15) is 0 Å². The lowest BCUT2D eigenvalue weighted by molar-refractivity contribution is 0.457. The minimum absolute atomic E-state index is 0.551. The number of unbranched alkanes of at least 4 members (excludes halogenated alkanes) is 2. The van der Waals surface area contributed by atoms with Gasteiger partial charge in [0, 0.05) is 31.5 Å². The molecule has 0 fully saturated rings. The van der Waals surface area contributed by atoms with Crippen LogP contribution in [0.1, 0.15) is 44.0 Å². The predicted molar refractivity (Wildman–Crippen MR) is 75.5 cm³/mol. The van der Waals surface area contributed by atoms with Gasteiger partial charge in [0.2, 0.25) is 0 Å². The quantitative estimate of drug-likeness (QED) is 0.659. The number of nitrogens with zero attached hydrogens (tertiary/aromatic N) is 2. The lowest BCUT2D eigenvalue weighted by Crippen LogP contribution is -2.36. The third-order valence-corrected chi connectivity index (χ3v) is 3.10. The molecule has 102 valence electrons. The van der Waals surface area contributed by atoms with E-state index in [9.17, 15) is 0 Å². The first-order valence-corrected chi connectivity index (χ1v) is 6.91. The summed E-state index contributed by atoms with van der Waals surface area (Å²) in [6.45, 7) is 5.96. The van der Waals surface area contributed by atoms with Gasteiger partial charge in [-0.15, -0.1) is 0 Å². The van der Waals surface area contributed by atoms with Gasteiger partial charge < -0.3 is 10.6 Å². The van der Waals surface area contributed by atoms with Gasteiger partial charge in [0.05, 0.1) is 11.4 Å². The van der Waals surface area contributed by atoms with Gasteiger partial charge in [-0.1, -0.05) is 26.2 Å². The first kappa shape index (κ1) is 15.1. The zero-order chi connectivity index (χ0) is 13.2. The first-order chi connectivity index (χ1) is 8.76. The van der Waals surface area contributed by atoms with E-state index in [0.29, 0.717) is 6.04 Å². The second kappa shape index (κ2) is 9.00. The van der Waals surface area contributed by atoms with Gasteiger partial charge in [-0.25, -0.2) is 0 Å². The molecule has 0 aromatic carbocycles. The van der Waals surface area contributed by atoms with Crippen LogP contribution in [-0.4, -0.2) is 29.6 Å². The van der Waals surface area contributed by atoms with Gasteiger partial charge in [-0.2, -0.15) is 0 Å². The molecule has 1 rings (SSSR count). The summed E-state index contributed by atoms with van der Waals surface area (Å²) in [5.41, 5.74) is 1.97. The summed E-state index contributed by atoms with van der Waals surface area (Å²) in [6, 6.07) is 0.551. The second-order valence-corrected chi connectivity index (χ2v) is 4.76. The number of aryl methyl sites for hydroxylation is 1. The number of rotatable bonds is 9. The topological polar surface area (TPSA) is 49.8 Å². The maximum Gasteiger partial charge on any atom is 0.0724 e. The average Bonchev–Trinajstić information content (AvgIpc) is 2.39. The van der Waals surface area contributed by atoms with E-state index in [1.807, 2.05) is 26.4 Å². The number of aromatic nitrogens is 2. The molecule has 0 saturated carbocycles. The fraction of sp³-hybridized carbons (Fsp3) is 0.714. The zero-order valence-electron chi connectivity index (χ0n) is 11.9. The van der Waals surface area contributed by atoms with Crippen LogP contribution in [0.4, 0.5) is 0 Å². The minimum atomic E-state index is 0.551. The Kier molecular flexibility index (Phi) is 7.53. The summed E-state index contributed by atoms with van der Waals surface area (Å²) in [7, 11) is 2.03. The zero-order valence-corrected chi connectivity index (χ0v) is 11.9. The van der Waals surface area contributed by atoms with E-state index in [4.69, 9.17) is 0 Å². The third kappa shape index (κ3) is 6.07. The highest BCUT2D eigenvalue weighted by Crippen LogP contribution is 2.02. The smallest absolute Gasteiger partial charge is 0.0724 e. The average molecular weight is 250 g/mol. The highest BCUT2D eigenvalue weighted by atomic mass is 15.0. The molecule has 4 nitrogen and oxygen atoms in total. The Balaban J connectivity index is 2.20. The van der Waals surface area contributed by atoms with Crippen LogP contribution in [0.2, 0.25) is 0 Å². The molecule has 0 saturated heterocycles. The second-order valence-electron chi connectivity index (χ2n) is 4.76. The van der Waals surface area contributed by atoms with Gasteiger partial charge in [-0.05, 0) is 20.4 Å². The molecule has 2 N–H and O–H groups in total. The van der Waals surface area contributed by atoms with Crippen LogP contribution in [0.15, 0.2) is 12.4 Å². The van der Waals surface area contributed by atoms with Crippen LogP contribution in [-0.2, 0) is 6.54 Å². The van der Waals surface area contributed by atoms with E-state index >= 15 is 0 Å². The van der Waals surface area contributed by atoms with Crippen LogP contribution in [0.3, 0.4) is 0 Å². The van der Waals surface area contributed by atoms with Gasteiger partial charge in [0.15, 0.2) is 0 Å². The molecule has 0 amide bonds. The van der Waals surface area contributed by atoms with Crippen molar-refractivity contribution in [2.75, 3.05) is 13.6 Å². The molecule has 0 aliphatic heterocycles. The normalized spacial score (nSPS) is 12.6. The van der Waals surface area contributed by atoms with Crippen molar-refractivity contribution < 1.29 is 0 Å². The third-order valence-electron chi connectivity index (χ3n) is 3.10. The summed E-state index contributed by atoms with van der Waals surface area (Å²) in [5.74, 6) is 0. The summed E-state index contributed by atoms with van der Waals surface area (Å²) in [6.07, 6.45) is 8.79. The summed E-state index contributed by atoms with van der Waals surface area (Å²) >= 11 is 0. The van der Waals surface area contributed by atoms with Crippen molar-refractivity contribution in [3.8, 4) is 0 Å². The van der Waals surface area contributed by atoms with Crippen molar-refractivity contribution in [2.24, 2.45) is 0 Å². The monoisotopic (exact) mass is 250 g/mol. The summed E-state index contributed by atoms with van der Waals surface area (Å²) in [5, 5.41) is 6.79. The molecule has 4 heteroatoms. The van der Waals surface area contributed by atoms with Crippen molar-refractivity contribution in [3.05, 3.63) is 23.8 Å². The fourth-order valence-corrected chi connectivity index (χ4v) is 1.87. The lowest BCUT2D eigenvalue weighted by atomic mass is 10.1. The lowest BCUT2D eigenvalue weighted by Gasteiger charge is -2.16. The van der Waals surface area contributed by atoms with Crippen LogP contribution < -0.4 is 10.6 Å². The molecule has 18 heavy (non-hydrogen) atoms. The summed E-state index contributed by atoms with van der Waals surface area (Å²) < 4.78 is 0. The Hall–Kier alpha value is -1.00. The molecule has 0 bridgehead atoms. The molecule has 1 unspecified atom stereocenters. The SMILES string of the molecule is CCCCCC(CNCc1cnc(C)cn1)NC. The van der Waals surface area contributed by atoms with E-state index in [-0.39, 0.29) is 0 Å². The Labute approximate surface area is 111 Å². The molecule has 0 spiro atoms. The standard InChI is InChI=1S/C14H26N4/c1-4-5-6-7-13(15-3)9-16-10-14-11-17-12(2)8-18-14/h8,11,13,15-16H,4-7,9-10H2,1-3H3. The molecule has 0 aliphatic carbocycles. The van der Waals surface area contributed by atoms with E-state index in [1.54, 1.807) is 0 Å². The van der Waals surface area contributed by atoms with E-state index in [1.165, 1.54) is 25.7 Å². The maximum atomic E-state index is 4.33. The molecule has 1 aromatic heterocycles. The Bertz CT molecular complexity index is 310. The number of hydrogen-bond donors (Lipinski definition) is 2. The number of likely N-dealkylation sites (N-methyl/N-ethyl adjacent to an activating group) is 1. The van der Waals surface area contributed by atoms with Gasteiger partial charge in [0.25, 0.3) is 0 Å². The largest absolute Gasteiger partial charge is 0.316 e. The molecular weight excluding hydrogens is 224 g/mol.